The van der Waals surface area contributed by atoms with Gasteiger partial charge in [0.2, 0.25) is 11.8 Å². The fourth-order valence-electron chi connectivity index (χ4n) is 3.41. The van der Waals surface area contributed by atoms with Crippen molar-refractivity contribution in [1.29, 1.82) is 0 Å². The Balaban J connectivity index is 1.82. The fourth-order valence-corrected chi connectivity index (χ4v) is 4.20. The summed E-state index contributed by atoms with van der Waals surface area (Å²) in [6.45, 7) is 9.07. The van der Waals surface area contributed by atoms with E-state index in [0.29, 0.717) is 38.8 Å². The van der Waals surface area contributed by atoms with Crippen molar-refractivity contribution >= 4 is 20.4 Å². The number of amides is 2. The number of rotatable bonds is 8. The standard InChI is InChI=1S/C18H33N2O6P/c1-5-16(22)19-8-7-15(11-19)26-27(24)25-12-13-9-14(21)10-20(13)17(23)18(3,4)6-2/h13-15,21,24H,5-12H2,1-4H3/t13-,14?,15?,27?/m0/s1. The van der Waals surface area contributed by atoms with E-state index in [2.05, 4.69) is 0 Å². The van der Waals surface area contributed by atoms with E-state index in [-0.39, 0.29) is 37.1 Å². The Morgan fingerprint density at radius 3 is 2.59 bits per heavy atom. The molecule has 0 aliphatic carbocycles. The molecule has 0 bridgehead atoms. The van der Waals surface area contributed by atoms with Crippen LogP contribution < -0.4 is 0 Å². The number of carbonyl (C=O) groups is 2. The van der Waals surface area contributed by atoms with Gasteiger partial charge in [-0.2, -0.15) is 0 Å². The molecule has 9 heteroatoms. The van der Waals surface area contributed by atoms with Crippen molar-refractivity contribution in [3.63, 3.8) is 0 Å². The van der Waals surface area contributed by atoms with Gasteiger partial charge in [0, 0.05) is 31.5 Å². The van der Waals surface area contributed by atoms with Crippen molar-refractivity contribution in [2.24, 2.45) is 5.41 Å². The Morgan fingerprint density at radius 1 is 1.26 bits per heavy atom. The van der Waals surface area contributed by atoms with Crippen LogP contribution in [0.5, 0.6) is 0 Å². The normalized spacial score (nSPS) is 27.3. The summed E-state index contributed by atoms with van der Waals surface area (Å²) in [6, 6.07) is -0.277. The average molecular weight is 404 g/mol. The van der Waals surface area contributed by atoms with Crippen molar-refractivity contribution in [3.8, 4) is 0 Å². The number of carbonyl (C=O) groups excluding carboxylic acids is 2. The Kier molecular flexibility index (Phi) is 8.01. The molecule has 0 radical (unpaired) electrons. The molecule has 3 unspecified atom stereocenters. The first-order valence-electron chi connectivity index (χ1n) is 9.73. The van der Waals surface area contributed by atoms with Crippen LogP contribution >= 0.6 is 8.60 Å². The van der Waals surface area contributed by atoms with Gasteiger partial charge in [0.05, 0.1) is 24.9 Å². The number of likely N-dealkylation sites (tertiary alicyclic amines) is 2. The Bertz CT molecular complexity index is 532. The average Bonchev–Trinajstić information content (AvgIpc) is 3.24. The van der Waals surface area contributed by atoms with Gasteiger partial charge in [-0.05, 0) is 19.3 Å². The molecule has 2 rings (SSSR count). The van der Waals surface area contributed by atoms with E-state index >= 15 is 0 Å². The lowest BCUT2D eigenvalue weighted by molar-refractivity contribution is -0.142. The maximum absolute atomic E-state index is 12.7. The smallest absolute Gasteiger partial charge is 0.330 e. The van der Waals surface area contributed by atoms with E-state index in [0.717, 1.165) is 0 Å². The van der Waals surface area contributed by atoms with E-state index < -0.39 is 20.1 Å². The molecule has 4 atom stereocenters. The Hall–Kier alpha value is -0.790. The van der Waals surface area contributed by atoms with Crippen LogP contribution in [0.15, 0.2) is 0 Å². The summed E-state index contributed by atoms with van der Waals surface area (Å²) in [5.41, 5.74) is -0.498. The van der Waals surface area contributed by atoms with Crippen LogP contribution in [-0.4, -0.2) is 76.1 Å². The zero-order valence-electron chi connectivity index (χ0n) is 16.8. The summed E-state index contributed by atoms with van der Waals surface area (Å²) in [5, 5.41) is 9.98. The molecule has 2 saturated heterocycles. The number of β-amino-alcohol motifs (C(OH)–C–C–N with tert-alkyl or cyclic N) is 1. The number of hydrogen-bond acceptors (Lipinski definition) is 6. The van der Waals surface area contributed by atoms with Crippen LogP contribution in [0.4, 0.5) is 0 Å². The summed E-state index contributed by atoms with van der Waals surface area (Å²) in [4.78, 5) is 37.9. The van der Waals surface area contributed by atoms with Crippen LogP contribution in [0.1, 0.15) is 53.4 Å². The van der Waals surface area contributed by atoms with Crippen LogP contribution in [0.3, 0.4) is 0 Å². The lowest BCUT2D eigenvalue weighted by atomic mass is 9.88. The second kappa shape index (κ2) is 9.61. The zero-order valence-corrected chi connectivity index (χ0v) is 17.7. The van der Waals surface area contributed by atoms with E-state index in [4.69, 9.17) is 9.05 Å². The van der Waals surface area contributed by atoms with Crippen molar-refractivity contribution < 1.29 is 28.6 Å². The molecule has 2 aliphatic heterocycles. The Labute approximate surface area is 162 Å². The molecule has 2 N–H and O–H groups in total. The van der Waals surface area contributed by atoms with Gasteiger partial charge in [-0.25, -0.2) is 0 Å². The monoisotopic (exact) mass is 404 g/mol. The molecule has 0 aromatic heterocycles. The molecule has 0 saturated carbocycles. The largest absolute Gasteiger partial charge is 0.391 e. The molecule has 8 nitrogen and oxygen atoms in total. The Morgan fingerprint density at radius 2 is 1.96 bits per heavy atom. The molecule has 0 aromatic rings. The molecule has 0 spiro atoms. The second-order valence-corrected chi connectivity index (χ2v) is 8.93. The molecule has 156 valence electrons. The third-order valence-electron chi connectivity index (χ3n) is 5.53. The molecule has 2 aliphatic rings. The van der Waals surface area contributed by atoms with Crippen LogP contribution in [0.25, 0.3) is 0 Å². The van der Waals surface area contributed by atoms with Gasteiger partial charge in [-0.3, -0.25) is 9.59 Å². The van der Waals surface area contributed by atoms with Gasteiger partial charge in [0.15, 0.2) is 0 Å². The first-order chi connectivity index (χ1) is 12.7. The summed E-state index contributed by atoms with van der Waals surface area (Å²) in [6.07, 6.45) is 1.45. The first kappa shape index (κ1) is 22.5. The lowest BCUT2D eigenvalue weighted by Gasteiger charge is -2.32. The number of hydrogen-bond donors (Lipinski definition) is 2. The van der Waals surface area contributed by atoms with Gasteiger partial charge in [-0.1, -0.05) is 27.7 Å². The minimum Gasteiger partial charge on any atom is -0.391 e. The van der Waals surface area contributed by atoms with Crippen molar-refractivity contribution in [2.45, 2.75) is 71.6 Å². The highest BCUT2D eigenvalue weighted by atomic mass is 31.2. The second-order valence-electron chi connectivity index (χ2n) is 7.98. The van der Waals surface area contributed by atoms with E-state index in [1.54, 1.807) is 9.80 Å². The molecular formula is C18H33N2O6P. The lowest BCUT2D eigenvalue weighted by Crippen LogP contribution is -2.45. The highest BCUT2D eigenvalue weighted by Gasteiger charge is 2.40. The van der Waals surface area contributed by atoms with Gasteiger partial charge >= 0.3 is 8.60 Å². The quantitative estimate of drug-likeness (QED) is 0.597. The summed E-state index contributed by atoms with van der Waals surface area (Å²) >= 11 is 0. The molecule has 2 amide bonds. The molecular weight excluding hydrogens is 371 g/mol. The fraction of sp³-hybridized carbons (Fsp3) is 0.889. The SMILES string of the molecule is CCC(=O)N1CCC(OP(O)OC[C@@H]2CC(O)CN2C(=O)C(C)(C)CC)C1. The van der Waals surface area contributed by atoms with Crippen molar-refractivity contribution in [1.82, 2.24) is 9.80 Å². The summed E-state index contributed by atoms with van der Waals surface area (Å²) < 4.78 is 11.0. The molecule has 0 aromatic carbocycles. The van der Waals surface area contributed by atoms with E-state index in [9.17, 15) is 19.6 Å². The maximum atomic E-state index is 12.7. The van der Waals surface area contributed by atoms with Gasteiger partial charge in [0.25, 0.3) is 0 Å². The zero-order chi connectivity index (χ0) is 20.2. The topological polar surface area (TPSA) is 99.5 Å². The van der Waals surface area contributed by atoms with E-state index in [1.165, 1.54) is 0 Å². The third-order valence-corrected chi connectivity index (χ3v) is 6.38. The number of aliphatic hydroxyl groups is 1. The summed E-state index contributed by atoms with van der Waals surface area (Å²) in [5.74, 6) is 0.0692. The van der Waals surface area contributed by atoms with Gasteiger partial charge in [-0.15, -0.1) is 0 Å². The molecule has 2 fully saturated rings. The number of aliphatic hydroxyl groups excluding tert-OH is 1. The summed E-state index contributed by atoms with van der Waals surface area (Å²) in [7, 11) is -2.09. The van der Waals surface area contributed by atoms with Crippen LogP contribution in [-0.2, 0) is 18.6 Å². The minimum atomic E-state index is -2.09. The number of nitrogens with zero attached hydrogens (tertiary/aromatic N) is 2. The highest BCUT2D eigenvalue weighted by Crippen LogP contribution is 2.38. The predicted molar refractivity (Wildman–Crippen MR) is 102 cm³/mol. The van der Waals surface area contributed by atoms with E-state index in [1.807, 2.05) is 27.7 Å². The van der Waals surface area contributed by atoms with Gasteiger partial charge < -0.3 is 28.8 Å². The van der Waals surface area contributed by atoms with Gasteiger partial charge in [0.1, 0.15) is 0 Å². The van der Waals surface area contributed by atoms with Crippen molar-refractivity contribution in [2.75, 3.05) is 26.2 Å². The first-order valence-corrected chi connectivity index (χ1v) is 10.9. The maximum Gasteiger partial charge on any atom is 0.330 e. The highest BCUT2D eigenvalue weighted by molar-refractivity contribution is 7.40. The molecule has 27 heavy (non-hydrogen) atoms. The van der Waals surface area contributed by atoms with Crippen molar-refractivity contribution in [3.05, 3.63) is 0 Å². The molecule has 2 heterocycles. The van der Waals surface area contributed by atoms with Crippen LogP contribution in [0.2, 0.25) is 0 Å². The van der Waals surface area contributed by atoms with Crippen LogP contribution in [0, 0.1) is 5.41 Å². The third kappa shape index (κ3) is 5.84. The minimum absolute atomic E-state index is 0.0113. The predicted octanol–water partition coefficient (Wildman–Crippen LogP) is 1.65.